The van der Waals surface area contributed by atoms with Crippen molar-refractivity contribution in [3.05, 3.63) is 53.6 Å². The average Bonchev–Trinajstić information content (AvgIpc) is 2.67. The van der Waals surface area contributed by atoms with E-state index < -0.39 is 19.7 Å². The second-order valence-electron chi connectivity index (χ2n) is 8.33. The van der Waals surface area contributed by atoms with Crippen LogP contribution in [0.1, 0.15) is 30.9 Å². The van der Waals surface area contributed by atoms with Gasteiger partial charge < -0.3 is 5.32 Å². The average molecular weight is 451 g/mol. The molecule has 0 aromatic heterocycles. The molecule has 1 heterocycles. The molecule has 30 heavy (non-hydrogen) atoms. The van der Waals surface area contributed by atoms with Crippen molar-refractivity contribution in [1.29, 1.82) is 0 Å². The minimum Gasteiger partial charge on any atom is -0.380 e. The molecule has 0 bridgehead atoms. The molecule has 3 rings (SSSR count). The Kier molecular flexibility index (Phi) is 6.89. The molecule has 0 atom stereocenters. The Morgan fingerprint density at radius 1 is 0.900 bits per heavy atom. The van der Waals surface area contributed by atoms with Crippen molar-refractivity contribution in [1.82, 2.24) is 4.90 Å². The Balaban J connectivity index is 1.68. The summed E-state index contributed by atoms with van der Waals surface area (Å²) in [6, 6.07) is 12.5. The zero-order valence-corrected chi connectivity index (χ0v) is 19.4. The third-order valence-electron chi connectivity index (χ3n) is 5.57. The van der Waals surface area contributed by atoms with Crippen LogP contribution in [-0.2, 0) is 32.8 Å². The van der Waals surface area contributed by atoms with Crippen LogP contribution in [0.5, 0.6) is 0 Å². The van der Waals surface area contributed by atoms with Crippen LogP contribution in [0.2, 0.25) is 0 Å². The lowest BCUT2D eigenvalue weighted by Crippen LogP contribution is -2.32. The molecule has 1 aliphatic rings. The van der Waals surface area contributed by atoms with E-state index in [0.717, 1.165) is 43.6 Å². The summed E-state index contributed by atoms with van der Waals surface area (Å²) in [4.78, 5) is 2.46. The molecule has 0 saturated carbocycles. The van der Waals surface area contributed by atoms with Gasteiger partial charge in [-0.1, -0.05) is 31.2 Å². The molecule has 0 aliphatic carbocycles. The first-order chi connectivity index (χ1) is 14.0. The lowest BCUT2D eigenvalue weighted by atomic mass is 9.99. The number of likely N-dealkylation sites (tertiary alicyclic amines) is 1. The minimum atomic E-state index is -3.58. The topological polar surface area (TPSA) is 83.6 Å². The first-order valence-corrected chi connectivity index (χ1v) is 13.9. The highest BCUT2D eigenvalue weighted by Gasteiger charge is 2.18. The van der Waals surface area contributed by atoms with Crippen LogP contribution in [0.3, 0.4) is 0 Å². The van der Waals surface area contributed by atoms with Crippen LogP contribution in [0.25, 0.3) is 0 Å². The molecule has 0 amide bonds. The Bertz CT molecular complexity index is 1090. The smallest absolute Gasteiger partial charge is 0.177 e. The van der Waals surface area contributed by atoms with Gasteiger partial charge in [0.05, 0.1) is 15.5 Å². The summed E-state index contributed by atoms with van der Waals surface area (Å²) in [5, 5.41) is 3.14. The molecular formula is C22H30N2O4S2. The number of piperidine rings is 1. The molecule has 0 spiro atoms. The summed E-state index contributed by atoms with van der Waals surface area (Å²) in [6.07, 6.45) is 4.65. The van der Waals surface area contributed by atoms with E-state index >= 15 is 0 Å². The maximum atomic E-state index is 12.2. The van der Waals surface area contributed by atoms with Crippen LogP contribution in [-0.4, -0.2) is 47.3 Å². The molecule has 1 N–H and O–H groups in total. The fourth-order valence-corrected chi connectivity index (χ4v) is 5.23. The van der Waals surface area contributed by atoms with E-state index in [2.05, 4.69) is 29.3 Å². The zero-order chi connectivity index (χ0) is 21.9. The summed E-state index contributed by atoms with van der Waals surface area (Å²) in [7, 11) is -7.07. The molecule has 2 aromatic rings. The molecule has 6 nitrogen and oxygen atoms in total. The van der Waals surface area contributed by atoms with Crippen LogP contribution in [0, 0.1) is 5.92 Å². The Labute approximate surface area is 180 Å². The maximum Gasteiger partial charge on any atom is 0.177 e. The van der Waals surface area contributed by atoms with Crippen molar-refractivity contribution in [2.75, 3.05) is 30.9 Å². The second kappa shape index (κ2) is 9.08. The van der Waals surface area contributed by atoms with Gasteiger partial charge >= 0.3 is 0 Å². The maximum absolute atomic E-state index is 12.2. The molecule has 1 saturated heterocycles. The third kappa shape index (κ3) is 6.06. The molecule has 1 fully saturated rings. The van der Waals surface area contributed by atoms with Crippen LogP contribution >= 0.6 is 0 Å². The van der Waals surface area contributed by atoms with Crippen molar-refractivity contribution in [3.8, 4) is 0 Å². The van der Waals surface area contributed by atoms with Gasteiger partial charge in [-0.05, 0) is 61.2 Å². The van der Waals surface area contributed by atoms with Gasteiger partial charge in [-0.2, -0.15) is 0 Å². The summed E-state index contributed by atoms with van der Waals surface area (Å²) in [5.74, 6) is 0.818. The lowest BCUT2D eigenvalue weighted by molar-refractivity contribution is 0.185. The van der Waals surface area contributed by atoms with Gasteiger partial charge in [0.15, 0.2) is 19.7 Å². The SMILES string of the molecule is CC1CCN(Cc2ccc(CNc3ccc(S(C)(=O)=O)cc3S(C)(=O)=O)cc2)CC1. The minimum absolute atomic E-state index is 0.00932. The van der Waals surface area contributed by atoms with Gasteiger partial charge in [0.2, 0.25) is 0 Å². The Morgan fingerprint density at radius 3 is 2.07 bits per heavy atom. The number of nitrogens with zero attached hydrogens (tertiary/aromatic N) is 1. The number of rotatable bonds is 7. The fourth-order valence-electron chi connectivity index (χ4n) is 3.62. The van der Waals surface area contributed by atoms with E-state index in [0.29, 0.717) is 12.2 Å². The molecule has 164 valence electrons. The first kappa shape index (κ1) is 22.8. The second-order valence-corrected chi connectivity index (χ2v) is 12.3. The van der Waals surface area contributed by atoms with Gasteiger partial charge in [-0.15, -0.1) is 0 Å². The highest BCUT2D eigenvalue weighted by Crippen LogP contribution is 2.26. The van der Waals surface area contributed by atoms with Crippen molar-refractivity contribution >= 4 is 25.4 Å². The van der Waals surface area contributed by atoms with E-state index in [1.807, 2.05) is 12.1 Å². The lowest BCUT2D eigenvalue weighted by Gasteiger charge is -2.30. The number of nitrogens with one attached hydrogen (secondary N) is 1. The number of sulfone groups is 2. The quantitative estimate of drug-likeness (QED) is 0.697. The van der Waals surface area contributed by atoms with E-state index in [-0.39, 0.29) is 9.79 Å². The van der Waals surface area contributed by atoms with Gasteiger partial charge in [-0.25, -0.2) is 16.8 Å². The highest BCUT2D eigenvalue weighted by molar-refractivity contribution is 7.91. The zero-order valence-electron chi connectivity index (χ0n) is 17.8. The van der Waals surface area contributed by atoms with Crippen LogP contribution < -0.4 is 5.32 Å². The van der Waals surface area contributed by atoms with E-state index in [4.69, 9.17) is 0 Å². The number of benzene rings is 2. The van der Waals surface area contributed by atoms with Crippen LogP contribution in [0.15, 0.2) is 52.3 Å². The third-order valence-corrected chi connectivity index (χ3v) is 7.82. The predicted octanol–water partition coefficient (Wildman–Crippen LogP) is 3.34. The molecule has 8 heteroatoms. The largest absolute Gasteiger partial charge is 0.380 e. The van der Waals surface area contributed by atoms with Crippen LogP contribution in [0.4, 0.5) is 5.69 Å². The highest BCUT2D eigenvalue weighted by atomic mass is 32.2. The number of hydrogen-bond donors (Lipinski definition) is 1. The van der Waals surface area contributed by atoms with Crippen molar-refractivity contribution in [2.24, 2.45) is 5.92 Å². The van der Waals surface area contributed by atoms with Gasteiger partial charge in [-0.3, -0.25) is 4.90 Å². The van der Waals surface area contributed by atoms with Crippen molar-refractivity contribution in [2.45, 2.75) is 42.6 Å². The molecule has 0 radical (unpaired) electrons. The monoisotopic (exact) mass is 450 g/mol. The molecular weight excluding hydrogens is 420 g/mol. The fraction of sp³-hybridized carbons (Fsp3) is 0.455. The summed E-state index contributed by atoms with van der Waals surface area (Å²) in [5.41, 5.74) is 2.69. The number of hydrogen-bond acceptors (Lipinski definition) is 6. The van der Waals surface area contributed by atoms with E-state index in [1.54, 1.807) is 0 Å². The summed E-state index contributed by atoms with van der Waals surface area (Å²) in [6.45, 7) is 5.99. The predicted molar refractivity (Wildman–Crippen MR) is 120 cm³/mol. The van der Waals surface area contributed by atoms with Gasteiger partial charge in [0.1, 0.15) is 0 Å². The van der Waals surface area contributed by atoms with E-state index in [1.165, 1.54) is 36.6 Å². The Morgan fingerprint density at radius 2 is 1.50 bits per heavy atom. The molecule has 0 unspecified atom stereocenters. The normalized spacial score (nSPS) is 16.5. The van der Waals surface area contributed by atoms with Gasteiger partial charge in [0.25, 0.3) is 0 Å². The molecule has 1 aliphatic heterocycles. The van der Waals surface area contributed by atoms with Gasteiger partial charge in [0, 0.05) is 25.6 Å². The number of anilines is 1. The summed E-state index contributed by atoms with van der Waals surface area (Å²) >= 11 is 0. The van der Waals surface area contributed by atoms with Crippen molar-refractivity contribution < 1.29 is 16.8 Å². The molecule has 2 aromatic carbocycles. The summed E-state index contributed by atoms with van der Waals surface area (Å²) < 4.78 is 47.9. The van der Waals surface area contributed by atoms with Crippen molar-refractivity contribution in [3.63, 3.8) is 0 Å². The first-order valence-electron chi connectivity index (χ1n) is 10.1. The standard InChI is InChI=1S/C22H30N2O4S2/c1-17-10-12-24(13-11-17)16-19-6-4-18(5-7-19)15-23-21-9-8-20(29(2,25)26)14-22(21)30(3,27)28/h4-9,14,17,23H,10-13,15-16H2,1-3H3. The Hall–Kier alpha value is -1.90. The van der Waals surface area contributed by atoms with E-state index in [9.17, 15) is 16.8 Å².